The van der Waals surface area contributed by atoms with Crippen LogP contribution in [0.1, 0.15) is 53.3 Å². The van der Waals surface area contributed by atoms with Gasteiger partial charge in [-0.1, -0.05) is 55.3 Å². The molecule has 0 spiro atoms. The monoisotopic (exact) mass is 485 g/mol. The van der Waals surface area contributed by atoms with E-state index in [4.69, 9.17) is 4.42 Å². The number of hydrogen-bond acceptors (Lipinski definition) is 3. The zero-order chi connectivity index (χ0) is 24.9. The van der Waals surface area contributed by atoms with Crippen molar-refractivity contribution in [3.05, 3.63) is 108 Å². The number of carbonyl (C=O) groups is 2. The molecule has 1 saturated carbocycles. The maximum absolute atomic E-state index is 13.9. The van der Waals surface area contributed by atoms with Gasteiger partial charge in [-0.3, -0.25) is 9.59 Å². The van der Waals surface area contributed by atoms with Gasteiger partial charge in [0.1, 0.15) is 17.6 Å². The molecule has 0 radical (unpaired) electrons. The van der Waals surface area contributed by atoms with Gasteiger partial charge in [0.15, 0.2) is 0 Å². The van der Waals surface area contributed by atoms with E-state index in [-0.39, 0.29) is 24.4 Å². The Labute approximate surface area is 209 Å². The van der Waals surface area contributed by atoms with Crippen molar-refractivity contribution >= 4 is 11.8 Å². The zero-order valence-electron chi connectivity index (χ0n) is 19.8. The molecule has 5 rings (SSSR count). The first-order valence-electron chi connectivity index (χ1n) is 12.2. The van der Waals surface area contributed by atoms with Gasteiger partial charge in [-0.15, -0.1) is 0 Å². The maximum Gasteiger partial charge on any atom is 0.271 e. The molecule has 1 atom stereocenters. The lowest BCUT2D eigenvalue weighted by molar-refractivity contribution is -0.126. The molecule has 1 aliphatic rings. The predicted molar refractivity (Wildman–Crippen MR) is 134 cm³/mol. The molecular weight excluding hydrogens is 457 g/mol. The van der Waals surface area contributed by atoms with E-state index in [2.05, 4.69) is 10.3 Å². The highest BCUT2D eigenvalue weighted by atomic mass is 19.1. The highest BCUT2D eigenvalue weighted by molar-refractivity contribution is 5.97. The van der Waals surface area contributed by atoms with Crippen LogP contribution in [0.4, 0.5) is 4.39 Å². The van der Waals surface area contributed by atoms with Gasteiger partial charge >= 0.3 is 0 Å². The minimum absolute atomic E-state index is 0.0708. The van der Waals surface area contributed by atoms with Gasteiger partial charge in [0.25, 0.3) is 5.91 Å². The van der Waals surface area contributed by atoms with Gasteiger partial charge in [-0.05, 0) is 54.3 Å². The van der Waals surface area contributed by atoms with Gasteiger partial charge < -0.3 is 19.6 Å². The zero-order valence-corrected chi connectivity index (χ0v) is 19.8. The number of hydrogen-bond donors (Lipinski definition) is 2. The summed E-state index contributed by atoms with van der Waals surface area (Å²) in [5, 5.41) is 3.13. The first-order valence-corrected chi connectivity index (χ1v) is 12.2. The fourth-order valence-corrected chi connectivity index (χ4v) is 4.79. The number of halogens is 1. The molecule has 2 amide bonds. The Morgan fingerprint density at radius 3 is 2.44 bits per heavy atom. The van der Waals surface area contributed by atoms with E-state index in [1.807, 2.05) is 36.4 Å². The molecule has 7 heteroatoms. The number of aromatic nitrogens is 1. The number of amides is 2. The van der Waals surface area contributed by atoms with E-state index in [1.165, 1.54) is 23.3 Å². The fourth-order valence-electron chi connectivity index (χ4n) is 4.79. The molecule has 184 valence electrons. The smallest absolute Gasteiger partial charge is 0.271 e. The second-order valence-corrected chi connectivity index (χ2v) is 9.16. The van der Waals surface area contributed by atoms with Gasteiger partial charge in [-0.2, -0.15) is 0 Å². The number of nitrogens with one attached hydrogen (secondary N) is 2. The van der Waals surface area contributed by atoms with Crippen LogP contribution >= 0.6 is 0 Å². The Morgan fingerprint density at radius 1 is 1.00 bits per heavy atom. The highest BCUT2D eigenvalue weighted by Crippen LogP contribution is 2.28. The molecule has 1 aliphatic carbocycles. The van der Waals surface area contributed by atoms with Crippen molar-refractivity contribution in [3.63, 3.8) is 0 Å². The summed E-state index contributed by atoms with van der Waals surface area (Å²) in [6, 6.07) is 19.9. The van der Waals surface area contributed by atoms with E-state index in [9.17, 15) is 14.0 Å². The summed E-state index contributed by atoms with van der Waals surface area (Å²) in [4.78, 5) is 32.4. The molecule has 4 aromatic rings. The SMILES string of the molecule is O=C(NC1CCCC1)[C@H](c1ccc(F)cc1)N(Cc1ccoc1)C(=O)c1ccc(-c2ccccc2)[nH]1. The topological polar surface area (TPSA) is 78.3 Å². The van der Waals surface area contributed by atoms with Gasteiger partial charge in [-0.25, -0.2) is 4.39 Å². The normalized spacial score (nSPS) is 14.5. The van der Waals surface area contributed by atoms with Gasteiger partial charge in [0.2, 0.25) is 5.91 Å². The Kier molecular flexibility index (Phi) is 6.98. The van der Waals surface area contributed by atoms with Crippen molar-refractivity contribution < 1.29 is 18.4 Å². The van der Waals surface area contributed by atoms with Crippen LogP contribution in [0.2, 0.25) is 0 Å². The first-order chi connectivity index (χ1) is 17.6. The largest absolute Gasteiger partial charge is 0.472 e. The lowest BCUT2D eigenvalue weighted by Gasteiger charge is -2.32. The minimum atomic E-state index is -0.947. The standard InChI is InChI=1S/C29H28FN3O3/c30-23-12-10-22(11-13-23)27(28(34)31-24-8-4-5-9-24)33(18-20-16-17-36-19-20)29(35)26-15-14-25(32-26)21-6-2-1-3-7-21/h1-3,6-7,10-17,19,24,27,32H,4-5,8-9,18H2,(H,31,34)/t27-/m0/s1. The van der Waals surface area contributed by atoms with Crippen LogP contribution in [0.15, 0.2) is 89.7 Å². The number of carbonyl (C=O) groups excluding carboxylic acids is 2. The van der Waals surface area contributed by atoms with Crippen LogP contribution < -0.4 is 5.32 Å². The molecule has 36 heavy (non-hydrogen) atoms. The quantitative estimate of drug-likeness (QED) is 0.328. The van der Waals surface area contributed by atoms with Crippen LogP contribution in [-0.2, 0) is 11.3 Å². The van der Waals surface area contributed by atoms with Crippen LogP contribution in [0.5, 0.6) is 0 Å². The van der Waals surface area contributed by atoms with Crippen LogP contribution in [-0.4, -0.2) is 27.7 Å². The Hall–Kier alpha value is -4.13. The average Bonchev–Trinajstić information content (AvgIpc) is 3.68. The van der Waals surface area contributed by atoms with Crippen molar-refractivity contribution in [2.45, 2.75) is 44.3 Å². The third-order valence-electron chi connectivity index (χ3n) is 6.64. The molecule has 0 unspecified atom stereocenters. The van der Waals surface area contributed by atoms with Gasteiger partial charge in [0.05, 0.1) is 19.1 Å². The summed E-state index contributed by atoms with van der Waals surface area (Å²) in [7, 11) is 0. The summed E-state index contributed by atoms with van der Waals surface area (Å²) in [5.41, 5.74) is 3.40. The van der Waals surface area contributed by atoms with Crippen molar-refractivity contribution in [1.82, 2.24) is 15.2 Å². The number of rotatable bonds is 8. The number of aromatic amines is 1. The van der Waals surface area contributed by atoms with Crippen LogP contribution in [0, 0.1) is 5.82 Å². The Bertz CT molecular complexity index is 1290. The summed E-state index contributed by atoms with van der Waals surface area (Å²) >= 11 is 0. The van der Waals surface area contributed by atoms with E-state index >= 15 is 0 Å². The Balaban J connectivity index is 1.52. The molecule has 2 N–H and O–H groups in total. The highest BCUT2D eigenvalue weighted by Gasteiger charge is 2.34. The third kappa shape index (κ3) is 5.25. The van der Waals surface area contributed by atoms with Gasteiger partial charge in [0, 0.05) is 17.3 Å². The fraction of sp³-hybridized carbons (Fsp3) is 0.241. The van der Waals surface area contributed by atoms with Crippen LogP contribution in [0.25, 0.3) is 11.3 Å². The molecular formula is C29H28FN3O3. The molecule has 2 aromatic heterocycles. The molecule has 1 fully saturated rings. The summed E-state index contributed by atoms with van der Waals surface area (Å²) in [5.74, 6) is -1.02. The molecule has 0 aliphatic heterocycles. The maximum atomic E-state index is 13.9. The van der Waals surface area contributed by atoms with Crippen molar-refractivity contribution in [1.29, 1.82) is 0 Å². The number of furan rings is 1. The minimum Gasteiger partial charge on any atom is -0.472 e. The third-order valence-corrected chi connectivity index (χ3v) is 6.64. The van der Waals surface area contributed by atoms with Crippen molar-refractivity contribution in [2.24, 2.45) is 0 Å². The Morgan fingerprint density at radius 2 is 1.75 bits per heavy atom. The second kappa shape index (κ2) is 10.6. The van der Waals surface area contributed by atoms with Crippen molar-refractivity contribution in [3.8, 4) is 11.3 Å². The van der Waals surface area contributed by atoms with E-state index in [0.29, 0.717) is 11.3 Å². The summed E-state index contributed by atoms with van der Waals surface area (Å²) < 4.78 is 19.0. The molecule has 2 heterocycles. The molecule has 2 aromatic carbocycles. The van der Waals surface area contributed by atoms with Crippen LogP contribution in [0.3, 0.4) is 0 Å². The van der Waals surface area contributed by atoms with Crippen molar-refractivity contribution in [2.75, 3.05) is 0 Å². The second-order valence-electron chi connectivity index (χ2n) is 9.16. The van der Waals surface area contributed by atoms with E-state index in [0.717, 1.165) is 42.5 Å². The molecule has 6 nitrogen and oxygen atoms in total. The molecule has 0 bridgehead atoms. The summed E-state index contributed by atoms with van der Waals surface area (Å²) in [6.07, 6.45) is 7.04. The summed E-state index contributed by atoms with van der Waals surface area (Å²) in [6.45, 7) is 0.148. The predicted octanol–water partition coefficient (Wildman–Crippen LogP) is 5.86. The lowest BCUT2D eigenvalue weighted by Crippen LogP contribution is -2.46. The first kappa shape index (κ1) is 23.6. The number of benzene rings is 2. The molecule has 0 saturated heterocycles. The average molecular weight is 486 g/mol. The van der Waals surface area contributed by atoms with E-state index in [1.54, 1.807) is 30.5 Å². The van der Waals surface area contributed by atoms with E-state index < -0.39 is 11.9 Å². The number of H-pyrrole nitrogens is 1. The number of nitrogens with zero attached hydrogens (tertiary/aromatic N) is 1. The lowest BCUT2D eigenvalue weighted by atomic mass is 10.0.